The van der Waals surface area contributed by atoms with E-state index in [4.69, 9.17) is 4.74 Å². The second-order valence-corrected chi connectivity index (χ2v) is 8.20. The molecule has 0 amide bonds. The zero-order chi connectivity index (χ0) is 19.5. The van der Waals surface area contributed by atoms with Gasteiger partial charge in [0, 0.05) is 61.5 Å². The summed E-state index contributed by atoms with van der Waals surface area (Å²) in [5.41, 5.74) is 2.07. The number of nitrogens with one attached hydrogen (secondary N) is 1. The summed E-state index contributed by atoms with van der Waals surface area (Å²) in [7, 11) is 0. The maximum atomic E-state index is 10.9. The van der Waals surface area contributed by atoms with Gasteiger partial charge in [-0.1, -0.05) is 0 Å². The van der Waals surface area contributed by atoms with Crippen LogP contribution < -0.4 is 10.2 Å². The van der Waals surface area contributed by atoms with Crippen molar-refractivity contribution in [3.05, 3.63) is 45.5 Å². The third-order valence-corrected chi connectivity index (χ3v) is 6.34. The molecule has 0 unspecified atom stereocenters. The molecule has 2 atom stereocenters. The first-order valence-electron chi connectivity index (χ1n) is 9.58. The molecule has 2 aliphatic rings. The van der Waals surface area contributed by atoms with Crippen LogP contribution in [0.4, 0.5) is 16.5 Å². The summed E-state index contributed by atoms with van der Waals surface area (Å²) in [5, 5.41) is 17.6. The molecular weight excluding hydrogens is 378 g/mol. The van der Waals surface area contributed by atoms with Gasteiger partial charge < -0.3 is 15.0 Å². The molecule has 9 heteroatoms. The summed E-state index contributed by atoms with van der Waals surface area (Å²) in [6.07, 6.45) is 1.03. The molecule has 28 heavy (non-hydrogen) atoms. The minimum Gasteiger partial charge on any atom is -0.380 e. The van der Waals surface area contributed by atoms with E-state index in [0.717, 1.165) is 62.3 Å². The molecule has 150 valence electrons. The summed E-state index contributed by atoms with van der Waals surface area (Å²) >= 11 is 1.69. The number of nitro groups is 1. The highest BCUT2D eigenvalue weighted by Gasteiger charge is 2.33. The van der Waals surface area contributed by atoms with Crippen LogP contribution in [0.1, 0.15) is 12.1 Å². The standard InChI is InChI=1S/C19H25N5O3S/c1-14-13-28-19(20-14)23-11-16(10-18(12-23)22-6-8-27-9-7-22)21-15-2-4-17(5-3-15)24(25)26/h2-5,13,16,18,21H,6-12H2,1H3/t16-,18-/m0/s1. The predicted octanol–water partition coefficient (Wildman–Crippen LogP) is 2.75. The molecule has 1 aromatic carbocycles. The summed E-state index contributed by atoms with van der Waals surface area (Å²) in [6.45, 7) is 7.34. The molecule has 0 bridgehead atoms. The number of piperidine rings is 1. The van der Waals surface area contributed by atoms with E-state index in [1.54, 1.807) is 35.6 Å². The average molecular weight is 404 g/mol. The smallest absolute Gasteiger partial charge is 0.269 e. The van der Waals surface area contributed by atoms with Gasteiger partial charge in [0.1, 0.15) is 0 Å². The summed E-state index contributed by atoms with van der Waals surface area (Å²) in [4.78, 5) is 20.1. The third kappa shape index (κ3) is 4.43. The molecule has 2 aromatic rings. The van der Waals surface area contributed by atoms with Gasteiger partial charge in [-0.3, -0.25) is 15.0 Å². The molecule has 1 N–H and O–H groups in total. The largest absolute Gasteiger partial charge is 0.380 e. The lowest BCUT2D eigenvalue weighted by atomic mass is 9.99. The zero-order valence-electron chi connectivity index (χ0n) is 15.9. The fourth-order valence-corrected chi connectivity index (χ4v) is 4.77. The van der Waals surface area contributed by atoms with Gasteiger partial charge in [0.05, 0.1) is 23.8 Å². The van der Waals surface area contributed by atoms with Crippen LogP contribution in [-0.4, -0.2) is 66.3 Å². The van der Waals surface area contributed by atoms with Crippen LogP contribution >= 0.6 is 11.3 Å². The number of thiazole rings is 1. The second kappa shape index (κ2) is 8.42. The average Bonchev–Trinajstić information content (AvgIpc) is 3.15. The summed E-state index contributed by atoms with van der Waals surface area (Å²) < 4.78 is 5.52. The van der Waals surface area contributed by atoms with Crippen molar-refractivity contribution in [2.45, 2.75) is 25.4 Å². The van der Waals surface area contributed by atoms with Crippen molar-refractivity contribution in [3.63, 3.8) is 0 Å². The SMILES string of the molecule is Cc1csc(N2C[C@@H](Nc3ccc([N+](=O)[O-])cc3)C[C@H](N3CCOCC3)C2)n1. The van der Waals surface area contributed by atoms with E-state index in [1.807, 2.05) is 6.92 Å². The number of aromatic nitrogens is 1. The Hall–Kier alpha value is -2.23. The number of hydrogen-bond acceptors (Lipinski definition) is 8. The van der Waals surface area contributed by atoms with E-state index in [-0.39, 0.29) is 16.7 Å². The van der Waals surface area contributed by atoms with Gasteiger partial charge in [-0.2, -0.15) is 0 Å². The molecule has 8 nitrogen and oxygen atoms in total. The number of anilines is 2. The van der Waals surface area contributed by atoms with E-state index in [9.17, 15) is 10.1 Å². The molecule has 0 aliphatic carbocycles. The molecule has 0 saturated carbocycles. The molecule has 2 saturated heterocycles. The molecule has 4 rings (SSSR count). The van der Waals surface area contributed by atoms with Crippen LogP contribution in [0.3, 0.4) is 0 Å². The maximum absolute atomic E-state index is 10.9. The molecule has 3 heterocycles. The Bertz CT molecular complexity index is 806. The first kappa shape index (κ1) is 19.1. The van der Waals surface area contributed by atoms with Crippen molar-refractivity contribution >= 4 is 27.8 Å². The number of rotatable bonds is 5. The first-order valence-corrected chi connectivity index (χ1v) is 10.5. The van der Waals surface area contributed by atoms with Crippen molar-refractivity contribution in [2.75, 3.05) is 49.6 Å². The van der Waals surface area contributed by atoms with Crippen LogP contribution in [-0.2, 0) is 4.74 Å². The lowest BCUT2D eigenvalue weighted by molar-refractivity contribution is -0.384. The quantitative estimate of drug-likeness (QED) is 0.607. The Morgan fingerprint density at radius 3 is 2.64 bits per heavy atom. The topological polar surface area (TPSA) is 83.8 Å². The summed E-state index contributed by atoms with van der Waals surface area (Å²) in [6, 6.07) is 7.34. The lowest BCUT2D eigenvalue weighted by Crippen LogP contribution is -2.56. The van der Waals surface area contributed by atoms with Crippen LogP contribution in [0.25, 0.3) is 0 Å². The van der Waals surface area contributed by atoms with E-state index >= 15 is 0 Å². The van der Waals surface area contributed by atoms with Crippen LogP contribution in [0, 0.1) is 17.0 Å². The minimum absolute atomic E-state index is 0.111. The number of ether oxygens (including phenoxy) is 1. The highest BCUT2D eigenvalue weighted by Crippen LogP contribution is 2.28. The minimum atomic E-state index is -0.370. The second-order valence-electron chi connectivity index (χ2n) is 7.36. The van der Waals surface area contributed by atoms with E-state index in [2.05, 4.69) is 25.5 Å². The van der Waals surface area contributed by atoms with Gasteiger partial charge in [0.25, 0.3) is 5.69 Å². The number of nitro benzene ring substituents is 1. The fourth-order valence-electron chi connectivity index (χ4n) is 3.94. The van der Waals surface area contributed by atoms with Gasteiger partial charge in [0.2, 0.25) is 0 Å². The number of aryl methyl sites for hydroxylation is 1. The van der Waals surface area contributed by atoms with Crippen molar-refractivity contribution in [2.24, 2.45) is 0 Å². The Balaban J connectivity index is 1.50. The van der Waals surface area contributed by atoms with Gasteiger partial charge in [0.15, 0.2) is 5.13 Å². The van der Waals surface area contributed by atoms with Gasteiger partial charge >= 0.3 is 0 Å². The highest BCUT2D eigenvalue weighted by atomic mass is 32.1. The van der Waals surface area contributed by atoms with Gasteiger partial charge in [-0.25, -0.2) is 4.98 Å². The van der Waals surface area contributed by atoms with E-state index < -0.39 is 0 Å². The van der Waals surface area contributed by atoms with Crippen molar-refractivity contribution in [3.8, 4) is 0 Å². The Morgan fingerprint density at radius 1 is 1.25 bits per heavy atom. The first-order chi connectivity index (χ1) is 13.6. The van der Waals surface area contributed by atoms with Crippen molar-refractivity contribution in [1.29, 1.82) is 0 Å². The Kier molecular flexibility index (Phi) is 5.74. The maximum Gasteiger partial charge on any atom is 0.269 e. The molecule has 0 radical (unpaired) electrons. The number of hydrogen-bond donors (Lipinski definition) is 1. The number of nitrogens with zero attached hydrogens (tertiary/aromatic N) is 4. The van der Waals surface area contributed by atoms with E-state index in [1.165, 1.54) is 0 Å². The van der Waals surface area contributed by atoms with Crippen LogP contribution in [0.5, 0.6) is 0 Å². The molecule has 2 aliphatic heterocycles. The molecule has 1 aromatic heterocycles. The van der Waals surface area contributed by atoms with Gasteiger partial charge in [-0.15, -0.1) is 11.3 Å². The number of benzene rings is 1. The number of morpholine rings is 1. The lowest BCUT2D eigenvalue weighted by Gasteiger charge is -2.44. The van der Waals surface area contributed by atoms with Gasteiger partial charge in [-0.05, 0) is 25.5 Å². The molecule has 2 fully saturated rings. The van der Waals surface area contributed by atoms with Crippen molar-refractivity contribution < 1.29 is 9.66 Å². The Labute approximate surface area is 168 Å². The monoisotopic (exact) mass is 403 g/mol. The van der Waals surface area contributed by atoms with Crippen molar-refractivity contribution in [1.82, 2.24) is 9.88 Å². The van der Waals surface area contributed by atoms with Crippen LogP contribution in [0.15, 0.2) is 29.6 Å². The molecular formula is C19H25N5O3S. The number of non-ortho nitro benzene ring substituents is 1. The van der Waals surface area contributed by atoms with Crippen LogP contribution in [0.2, 0.25) is 0 Å². The van der Waals surface area contributed by atoms with E-state index in [0.29, 0.717) is 6.04 Å². The zero-order valence-corrected chi connectivity index (χ0v) is 16.7. The summed E-state index contributed by atoms with van der Waals surface area (Å²) in [5.74, 6) is 0. The Morgan fingerprint density at radius 2 is 2.00 bits per heavy atom. The normalized spacial score (nSPS) is 23.5. The third-order valence-electron chi connectivity index (χ3n) is 5.32. The molecule has 0 spiro atoms. The fraction of sp³-hybridized carbons (Fsp3) is 0.526. The highest BCUT2D eigenvalue weighted by molar-refractivity contribution is 7.13. The predicted molar refractivity (Wildman–Crippen MR) is 110 cm³/mol.